The topological polar surface area (TPSA) is 17.1 Å². The van der Waals surface area contributed by atoms with Gasteiger partial charge in [-0.2, -0.15) is 0 Å². The molecule has 1 heteroatoms. The average molecular weight is 204 g/mol. The minimum Gasteiger partial charge on any atom is -0.294 e. The molecule has 0 heterocycles. The van der Waals surface area contributed by atoms with Crippen molar-refractivity contribution in [3.05, 3.63) is 35.4 Å². The van der Waals surface area contributed by atoms with Crippen LogP contribution in [0.4, 0.5) is 0 Å². The Morgan fingerprint density at radius 3 is 2.53 bits per heavy atom. The van der Waals surface area contributed by atoms with Gasteiger partial charge in [-0.05, 0) is 24.8 Å². The van der Waals surface area contributed by atoms with E-state index in [2.05, 4.69) is 13.0 Å². The molecule has 0 aromatic heterocycles. The fourth-order valence-corrected chi connectivity index (χ4v) is 1.74. The van der Waals surface area contributed by atoms with Crippen LogP contribution >= 0.6 is 0 Å². The molecule has 0 radical (unpaired) electrons. The van der Waals surface area contributed by atoms with Crippen LogP contribution < -0.4 is 0 Å². The van der Waals surface area contributed by atoms with Gasteiger partial charge in [0, 0.05) is 12.0 Å². The standard InChI is InChI=1S/C14H20O/c1-3-5-9-12-10-6-7-11-13(12)14(15)8-4-2/h6-7,10-11H,3-5,8-9H2,1-2H3. The Bertz CT molecular complexity index is 315. The van der Waals surface area contributed by atoms with Crippen molar-refractivity contribution in [2.45, 2.75) is 46.0 Å². The number of hydrogen-bond acceptors (Lipinski definition) is 1. The number of rotatable bonds is 6. The van der Waals surface area contributed by atoms with Crippen LogP contribution in [0.2, 0.25) is 0 Å². The Balaban J connectivity index is 2.80. The maximum Gasteiger partial charge on any atom is 0.163 e. The van der Waals surface area contributed by atoms with Gasteiger partial charge in [0.25, 0.3) is 0 Å². The zero-order valence-corrected chi connectivity index (χ0v) is 9.75. The summed E-state index contributed by atoms with van der Waals surface area (Å²) >= 11 is 0. The zero-order chi connectivity index (χ0) is 11.1. The third-order valence-electron chi connectivity index (χ3n) is 2.59. The quantitative estimate of drug-likeness (QED) is 0.640. The summed E-state index contributed by atoms with van der Waals surface area (Å²) in [5.41, 5.74) is 2.16. The summed E-state index contributed by atoms with van der Waals surface area (Å²) in [6, 6.07) is 8.02. The van der Waals surface area contributed by atoms with E-state index >= 15 is 0 Å². The average Bonchev–Trinajstić information content (AvgIpc) is 2.27. The van der Waals surface area contributed by atoms with Crippen LogP contribution in [0.25, 0.3) is 0 Å². The molecule has 0 fully saturated rings. The Kier molecular flexibility index (Phi) is 5.09. The summed E-state index contributed by atoms with van der Waals surface area (Å²) in [6.45, 7) is 4.23. The van der Waals surface area contributed by atoms with Gasteiger partial charge in [-0.1, -0.05) is 44.5 Å². The lowest BCUT2D eigenvalue weighted by atomic mass is 9.97. The van der Waals surface area contributed by atoms with E-state index in [1.807, 2.05) is 25.1 Å². The highest BCUT2D eigenvalue weighted by Crippen LogP contribution is 2.14. The van der Waals surface area contributed by atoms with E-state index < -0.39 is 0 Å². The van der Waals surface area contributed by atoms with Crippen molar-refractivity contribution in [1.29, 1.82) is 0 Å². The normalized spacial score (nSPS) is 10.3. The van der Waals surface area contributed by atoms with E-state index in [1.54, 1.807) is 0 Å². The molecule has 15 heavy (non-hydrogen) atoms. The monoisotopic (exact) mass is 204 g/mol. The van der Waals surface area contributed by atoms with Gasteiger partial charge in [-0.3, -0.25) is 4.79 Å². The SMILES string of the molecule is CCCCc1ccccc1C(=O)CCC. The number of carbonyl (C=O) groups is 1. The Hall–Kier alpha value is -1.11. The highest BCUT2D eigenvalue weighted by atomic mass is 16.1. The highest BCUT2D eigenvalue weighted by Gasteiger charge is 2.08. The summed E-state index contributed by atoms with van der Waals surface area (Å²) < 4.78 is 0. The maximum absolute atomic E-state index is 11.8. The number of aryl methyl sites for hydroxylation is 1. The molecule has 0 atom stereocenters. The summed E-state index contributed by atoms with van der Waals surface area (Å²) in [7, 11) is 0. The fraction of sp³-hybridized carbons (Fsp3) is 0.500. The van der Waals surface area contributed by atoms with Crippen molar-refractivity contribution in [2.75, 3.05) is 0 Å². The number of hydrogen-bond donors (Lipinski definition) is 0. The minimum absolute atomic E-state index is 0.296. The van der Waals surface area contributed by atoms with Crippen molar-refractivity contribution >= 4 is 5.78 Å². The Morgan fingerprint density at radius 1 is 1.13 bits per heavy atom. The molecule has 1 rings (SSSR count). The van der Waals surface area contributed by atoms with Gasteiger partial charge in [0.15, 0.2) is 5.78 Å². The van der Waals surface area contributed by atoms with Crippen LogP contribution in [0.5, 0.6) is 0 Å². The van der Waals surface area contributed by atoms with Crippen LogP contribution in [-0.2, 0) is 6.42 Å². The van der Waals surface area contributed by atoms with E-state index in [9.17, 15) is 4.79 Å². The molecule has 0 spiro atoms. The lowest BCUT2D eigenvalue weighted by Gasteiger charge is -2.07. The number of benzene rings is 1. The molecular formula is C14H20O. The van der Waals surface area contributed by atoms with E-state index in [0.29, 0.717) is 12.2 Å². The van der Waals surface area contributed by atoms with Gasteiger partial charge in [0.1, 0.15) is 0 Å². The minimum atomic E-state index is 0.296. The number of unbranched alkanes of at least 4 members (excludes halogenated alkanes) is 1. The van der Waals surface area contributed by atoms with Crippen LogP contribution in [-0.4, -0.2) is 5.78 Å². The molecule has 0 N–H and O–H groups in total. The van der Waals surface area contributed by atoms with Crippen molar-refractivity contribution in [3.63, 3.8) is 0 Å². The third kappa shape index (κ3) is 3.50. The van der Waals surface area contributed by atoms with E-state index in [-0.39, 0.29) is 0 Å². The Morgan fingerprint density at radius 2 is 1.87 bits per heavy atom. The molecule has 1 aromatic carbocycles. The van der Waals surface area contributed by atoms with Crippen LogP contribution in [0.15, 0.2) is 24.3 Å². The van der Waals surface area contributed by atoms with Gasteiger partial charge < -0.3 is 0 Å². The summed E-state index contributed by atoms with van der Waals surface area (Å²) in [6.07, 6.45) is 4.97. The first kappa shape index (κ1) is 12.0. The van der Waals surface area contributed by atoms with Crippen molar-refractivity contribution in [1.82, 2.24) is 0 Å². The van der Waals surface area contributed by atoms with E-state index in [1.165, 1.54) is 12.0 Å². The second-order valence-electron chi connectivity index (χ2n) is 3.93. The maximum atomic E-state index is 11.8. The van der Waals surface area contributed by atoms with Crippen LogP contribution in [0.3, 0.4) is 0 Å². The molecule has 82 valence electrons. The molecule has 0 amide bonds. The van der Waals surface area contributed by atoms with Crippen LogP contribution in [0, 0.1) is 0 Å². The number of Topliss-reactive ketones (excluding diaryl/α,β-unsaturated/α-hetero) is 1. The summed E-state index contributed by atoms with van der Waals surface area (Å²) in [5.74, 6) is 0.296. The zero-order valence-electron chi connectivity index (χ0n) is 9.75. The number of carbonyl (C=O) groups excluding carboxylic acids is 1. The predicted molar refractivity (Wildman–Crippen MR) is 64.3 cm³/mol. The molecular weight excluding hydrogens is 184 g/mol. The molecule has 1 aromatic rings. The molecule has 0 saturated heterocycles. The second-order valence-corrected chi connectivity index (χ2v) is 3.93. The van der Waals surface area contributed by atoms with Crippen molar-refractivity contribution in [2.24, 2.45) is 0 Å². The van der Waals surface area contributed by atoms with E-state index in [0.717, 1.165) is 24.8 Å². The van der Waals surface area contributed by atoms with Gasteiger partial charge in [0.05, 0.1) is 0 Å². The van der Waals surface area contributed by atoms with Gasteiger partial charge >= 0.3 is 0 Å². The Labute approximate surface area is 92.5 Å². The lowest BCUT2D eigenvalue weighted by molar-refractivity contribution is 0.0981. The van der Waals surface area contributed by atoms with Crippen molar-refractivity contribution in [3.8, 4) is 0 Å². The highest BCUT2D eigenvalue weighted by molar-refractivity contribution is 5.97. The summed E-state index contributed by atoms with van der Waals surface area (Å²) in [5, 5.41) is 0. The van der Waals surface area contributed by atoms with Gasteiger partial charge in [-0.15, -0.1) is 0 Å². The predicted octanol–water partition coefficient (Wildman–Crippen LogP) is 4.01. The molecule has 0 aliphatic carbocycles. The van der Waals surface area contributed by atoms with Crippen LogP contribution in [0.1, 0.15) is 55.5 Å². The number of ketones is 1. The largest absolute Gasteiger partial charge is 0.294 e. The first-order chi connectivity index (χ1) is 7.29. The first-order valence-electron chi connectivity index (χ1n) is 5.90. The molecule has 0 bridgehead atoms. The molecule has 0 aliphatic heterocycles. The fourth-order valence-electron chi connectivity index (χ4n) is 1.74. The second kappa shape index (κ2) is 6.39. The smallest absolute Gasteiger partial charge is 0.163 e. The molecule has 1 nitrogen and oxygen atoms in total. The van der Waals surface area contributed by atoms with E-state index in [4.69, 9.17) is 0 Å². The molecule has 0 saturated carbocycles. The third-order valence-corrected chi connectivity index (χ3v) is 2.59. The lowest BCUT2D eigenvalue weighted by Crippen LogP contribution is -2.03. The first-order valence-corrected chi connectivity index (χ1v) is 5.90. The molecule has 0 aliphatic rings. The summed E-state index contributed by atoms with van der Waals surface area (Å²) in [4.78, 5) is 11.8. The van der Waals surface area contributed by atoms with Gasteiger partial charge in [-0.25, -0.2) is 0 Å². The van der Waals surface area contributed by atoms with Gasteiger partial charge in [0.2, 0.25) is 0 Å². The van der Waals surface area contributed by atoms with Crippen molar-refractivity contribution < 1.29 is 4.79 Å². The molecule has 0 unspecified atom stereocenters.